The lowest BCUT2D eigenvalue weighted by molar-refractivity contribution is -0.122. The van der Waals surface area contributed by atoms with E-state index in [1.54, 1.807) is 12.3 Å². The van der Waals surface area contributed by atoms with Gasteiger partial charge in [-0.15, -0.1) is 0 Å². The van der Waals surface area contributed by atoms with Gasteiger partial charge in [-0.2, -0.15) is 0 Å². The first kappa shape index (κ1) is 17.0. The zero-order valence-corrected chi connectivity index (χ0v) is 14.5. The van der Waals surface area contributed by atoms with Crippen LogP contribution < -0.4 is 0 Å². The van der Waals surface area contributed by atoms with Crippen LogP contribution in [-0.4, -0.2) is 24.3 Å². The van der Waals surface area contributed by atoms with Crippen LogP contribution in [-0.2, 0) is 11.2 Å². The highest BCUT2D eigenvalue weighted by Crippen LogP contribution is 2.37. The van der Waals surface area contributed by atoms with Crippen LogP contribution in [0.3, 0.4) is 0 Å². The van der Waals surface area contributed by atoms with Gasteiger partial charge in [0.05, 0.1) is 12.0 Å². The number of fused-ring (bicyclic) bond motifs is 1. The van der Waals surface area contributed by atoms with Crippen LogP contribution in [0.1, 0.15) is 29.8 Å². The SMILES string of the molecule is CC.O=C1C(=O)C2(C=CC=NC2)Cc2ccc(-c3ccccc3)cc21. The maximum absolute atomic E-state index is 12.6. The minimum Gasteiger partial charge on any atom is -0.292 e. The molecule has 1 aliphatic carbocycles. The van der Waals surface area contributed by atoms with Crippen molar-refractivity contribution in [2.24, 2.45) is 10.4 Å². The molecule has 0 N–H and O–H groups in total. The Morgan fingerprint density at radius 1 is 0.960 bits per heavy atom. The van der Waals surface area contributed by atoms with Gasteiger partial charge >= 0.3 is 0 Å². The largest absolute Gasteiger partial charge is 0.292 e. The zero-order valence-electron chi connectivity index (χ0n) is 14.5. The van der Waals surface area contributed by atoms with E-state index in [0.29, 0.717) is 18.5 Å². The molecule has 1 atom stereocenters. The number of carbonyl (C=O) groups is 2. The monoisotopic (exact) mass is 331 g/mol. The van der Waals surface area contributed by atoms with Crippen molar-refractivity contribution in [3.05, 3.63) is 71.8 Å². The van der Waals surface area contributed by atoms with E-state index < -0.39 is 11.2 Å². The molecule has 0 aromatic heterocycles. The number of allylic oxidation sites excluding steroid dienone is 1. The van der Waals surface area contributed by atoms with Crippen molar-refractivity contribution in [3.8, 4) is 11.1 Å². The topological polar surface area (TPSA) is 46.5 Å². The van der Waals surface area contributed by atoms with Gasteiger partial charge in [0.25, 0.3) is 0 Å². The summed E-state index contributed by atoms with van der Waals surface area (Å²) in [6, 6.07) is 15.7. The number of Topliss-reactive ketones (excluding diaryl/α,β-unsaturated/α-hetero) is 2. The van der Waals surface area contributed by atoms with Crippen LogP contribution >= 0.6 is 0 Å². The predicted molar refractivity (Wildman–Crippen MR) is 101 cm³/mol. The van der Waals surface area contributed by atoms with E-state index in [0.717, 1.165) is 16.7 Å². The summed E-state index contributed by atoms with van der Waals surface area (Å²) in [6.07, 6.45) is 5.80. The lowest BCUT2D eigenvalue weighted by Crippen LogP contribution is -2.44. The number of ketones is 2. The molecule has 0 bridgehead atoms. The molecule has 2 aliphatic rings. The Bertz CT molecular complexity index is 865. The summed E-state index contributed by atoms with van der Waals surface area (Å²) in [5, 5.41) is 0. The molecule has 3 nitrogen and oxygen atoms in total. The Labute approximate surface area is 148 Å². The van der Waals surface area contributed by atoms with Crippen LogP contribution in [0.25, 0.3) is 11.1 Å². The van der Waals surface area contributed by atoms with E-state index in [4.69, 9.17) is 0 Å². The number of hydrogen-bond acceptors (Lipinski definition) is 3. The van der Waals surface area contributed by atoms with Crippen molar-refractivity contribution in [2.75, 3.05) is 6.54 Å². The number of rotatable bonds is 1. The molecule has 0 amide bonds. The second-order valence-electron chi connectivity index (χ2n) is 6.08. The highest BCUT2D eigenvalue weighted by Gasteiger charge is 2.45. The van der Waals surface area contributed by atoms with Gasteiger partial charge in [-0.05, 0) is 35.3 Å². The minimum atomic E-state index is -0.785. The molecule has 1 unspecified atom stereocenters. The molecular formula is C22H21NO2. The predicted octanol–water partition coefficient (Wildman–Crippen LogP) is 4.31. The first-order valence-electron chi connectivity index (χ1n) is 8.65. The summed E-state index contributed by atoms with van der Waals surface area (Å²) in [7, 11) is 0. The third-order valence-corrected chi connectivity index (χ3v) is 4.61. The van der Waals surface area contributed by atoms with Crippen LogP contribution in [0, 0.1) is 5.41 Å². The van der Waals surface area contributed by atoms with Gasteiger partial charge in [-0.1, -0.05) is 62.4 Å². The number of benzene rings is 2. The quantitative estimate of drug-likeness (QED) is 0.731. The third-order valence-electron chi connectivity index (χ3n) is 4.61. The van der Waals surface area contributed by atoms with Crippen molar-refractivity contribution < 1.29 is 9.59 Å². The van der Waals surface area contributed by atoms with Crippen LogP contribution in [0.15, 0.2) is 65.7 Å². The fourth-order valence-electron chi connectivity index (χ4n) is 3.34. The number of carbonyl (C=O) groups excluding carboxylic acids is 2. The Hall–Kier alpha value is -2.81. The van der Waals surface area contributed by atoms with E-state index in [-0.39, 0.29) is 5.78 Å². The van der Waals surface area contributed by atoms with Crippen molar-refractivity contribution in [1.29, 1.82) is 0 Å². The van der Waals surface area contributed by atoms with Gasteiger partial charge in [-0.3, -0.25) is 14.6 Å². The molecule has 25 heavy (non-hydrogen) atoms. The summed E-state index contributed by atoms with van der Waals surface area (Å²) < 4.78 is 0. The second-order valence-corrected chi connectivity index (χ2v) is 6.08. The van der Waals surface area contributed by atoms with E-state index >= 15 is 0 Å². The molecule has 1 aliphatic heterocycles. The molecular weight excluding hydrogens is 310 g/mol. The van der Waals surface area contributed by atoms with Crippen LogP contribution in [0.5, 0.6) is 0 Å². The van der Waals surface area contributed by atoms with Crippen molar-refractivity contribution in [3.63, 3.8) is 0 Å². The lowest BCUT2D eigenvalue weighted by atomic mass is 9.69. The Balaban J connectivity index is 0.000000880. The van der Waals surface area contributed by atoms with E-state index in [2.05, 4.69) is 4.99 Å². The summed E-state index contributed by atoms with van der Waals surface area (Å²) in [5.41, 5.74) is 2.67. The number of hydrogen-bond donors (Lipinski definition) is 0. The molecule has 126 valence electrons. The maximum Gasteiger partial charge on any atom is 0.229 e. The third kappa shape index (κ3) is 2.98. The number of nitrogens with zero attached hydrogens (tertiary/aromatic N) is 1. The first-order valence-corrected chi connectivity index (χ1v) is 8.65. The fourth-order valence-corrected chi connectivity index (χ4v) is 3.34. The molecule has 0 fully saturated rings. The van der Waals surface area contributed by atoms with E-state index in [1.807, 2.05) is 68.5 Å². The fraction of sp³-hybridized carbons (Fsp3) is 0.227. The average Bonchev–Trinajstić information content (AvgIpc) is 2.69. The molecule has 0 saturated carbocycles. The molecule has 1 spiro atoms. The molecule has 1 heterocycles. The van der Waals surface area contributed by atoms with Crippen LogP contribution in [0.4, 0.5) is 0 Å². The van der Waals surface area contributed by atoms with E-state index in [1.165, 1.54) is 0 Å². The molecule has 0 radical (unpaired) electrons. The number of dihydropyridines is 1. The molecule has 4 rings (SSSR count). The average molecular weight is 331 g/mol. The van der Waals surface area contributed by atoms with Gasteiger partial charge in [0.1, 0.15) is 0 Å². The van der Waals surface area contributed by atoms with Crippen LogP contribution in [0.2, 0.25) is 0 Å². The van der Waals surface area contributed by atoms with Gasteiger partial charge in [-0.25, -0.2) is 0 Å². The normalized spacial score (nSPS) is 20.9. The van der Waals surface area contributed by atoms with Gasteiger partial charge < -0.3 is 0 Å². The smallest absolute Gasteiger partial charge is 0.229 e. The highest BCUT2D eigenvalue weighted by molar-refractivity contribution is 6.47. The summed E-state index contributed by atoms with van der Waals surface area (Å²) >= 11 is 0. The van der Waals surface area contributed by atoms with Crippen molar-refractivity contribution >= 4 is 17.8 Å². The number of aliphatic imine (C=N–C) groups is 1. The molecule has 2 aromatic carbocycles. The molecule has 2 aromatic rings. The van der Waals surface area contributed by atoms with E-state index in [9.17, 15) is 9.59 Å². The highest BCUT2D eigenvalue weighted by atomic mass is 16.2. The van der Waals surface area contributed by atoms with Gasteiger partial charge in [0, 0.05) is 11.8 Å². The lowest BCUT2D eigenvalue weighted by Gasteiger charge is -2.33. The Morgan fingerprint density at radius 2 is 1.72 bits per heavy atom. The molecule has 3 heteroatoms. The van der Waals surface area contributed by atoms with Crippen molar-refractivity contribution in [1.82, 2.24) is 0 Å². The summed E-state index contributed by atoms with van der Waals surface area (Å²) in [6.45, 7) is 4.36. The van der Waals surface area contributed by atoms with Gasteiger partial charge in [0.15, 0.2) is 0 Å². The summed E-state index contributed by atoms with van der Waals surface area (Å²) in [5.74, 6) is -0.742. The maximum atomic E-state index is 12.6. The molecule has 0 saturated heterocycles. The minimum absolute atomic E-state index is 0.344. The Morgan fingerprint density at radius 3 is 2.40 bits per heavy atom. The Kier molecular flexibility index (Phi) is 4.75. The standard InChI is InChI=1S/C20H15NO2.C2H6/c22-18-17-11-15(14-5-2-1-3-6-14)7-8-16(17)12-20(19(18)23)9-4-10-21-13-20;1-2/h1-11H,12-13H2;1-2H3. The zero-order chi connectivity index (χ0) is 17.9. The van der Waals surface area contributed by atoms with Crippen molar-refractivity contribution in [2.45, 2.75) is 20.3 Å². The summed E-state index contributed by atoms with van der Waals surface area (Å²) in [4.78, 5) is 29.5. The second kappa shape index (κ2) is 6.98. The first-order chi connectivity index (χ1) is 12.2. The van der Waals surface area contributed by atoms with Gasteiger partial charge in [0.2, 0.25) is 11.6 Å².